The Morgan fingerprint density at radius 1 is 1.40 bits per heavy atom. The third-order valence-corrected chi connectivity index (χ3v) is 6.40. The van der Waals surface area contributed by atoms with Gasteiger partial charge in [-0.1, -0.05) is 34.1 Å². The number of halogens is 1. The summed E-state index contributed by atoms with van der Waals surface area (Å²) in [6.07, 6.45) is 0. The highest BCUT2D eigenvalue weighted by atomic mass is 79.9. The molecule has 3 rings (SSSR count). The minimum atomic E-state index is -1.43. The Morgan fingerprint density at radius 2 is 2.08 bits per heavy atom. The Kier molecular flexibility index (Phi) is 5.16. The van der Waals surface area contributed by atoms with Crippen LogP contribution in [0.1, 0.15) is 10.4 Å². The average molecular weight is 427 g/mol. The third kappa shape index (κ3) is 3.07. The molecule has 9 heteroatoms. The predicted molar refractivity (Wildman–Crippen MR) is 94.2 cm³/mol. The van der Waals surface area contributed by atoms with Crippen LogP contribution in [0.25, 0.3) is 0 Å². The van der Waals surface area contributed by atoms with Crippen molar-refractivity contribution >= 4 is 44.9 Å². The molecule has 0 aromatic heterocycles. The number of nitrogens with zero attached hydrogens (tertiary/aromatic N) is 1. The van der Waals surface area contributed by atoms with E-state index in [0.717, 1.165) is 0 Å². The van der Waals surface area contributed by atoms with E-state index in [1.165, 1.54) is 12.0 Å². The summed E-state index contributed by atoms with van der Waals surface area (Å²) in [4.78, 5) is 38.0. The number of carbonyl (C=O) groups excluding carboxylic acids is 3. The average Bonchev–Trinajstić information content (AvgIpc) is 2.64. The summed E-state index contributed by atoms with van der Waals surface area (Å²) < 4.78 is 17.3. The van der Waals surface area contributed by atoms with Gasteiger partial charge < -0.3 is 14.6 Å². The Bertz CT molecular complexity index is 754. The van der Waals surface area contributed by atoms with Crippen LogP contribution in [0.4, 0.5) is 0 Å². The Hall–Kier alpha value is -1.84. The number of carbonyl (C=O) groups is 3. The first-order valence-corrected chi connectivity index (χ1v) is 9.92. The molecule has 0 spiro atoms. The highest BCUT2D eigenvalue weighted by Gasteiger charge is 2.61. The first kappa shape index (κ1) is 18.0. The molecule has 0 aliphatic carbocycles. The van der Waals surface area contributed by atoms with E-state index >= 15 is 0 Å². The van der Waals surface area contributed by atoms with Gasteiger partial charge in [0.15, 0.2) is 6.04 Å². The molecule has 2 amide bonds. The molecule has 2 aliphatic rings. The second kappa shape index (κ2) is 7.19. The lowest BCUT2D eigenvalue weighted by atomic mass is 10.0. The van der Waals surface area contributed by atoms with Crippen molar-refractivity contribution in [3.63, 3.8) is 0 Å². The van der Waals surface area contributed by atoms with Gasteiger partial charge in [-0.15, -0.1) is 0 Å². The van der Waals surface area contributed by atoms with Crippen LogP contribution < -0.4 is 5.32 Å². The fraction of sp³-hybridized carbons (Fsp3) is 0.312. The van der Waals surface area contributed by atoms with E-state index in [-0.39, 0.29) is 11.4 Å². The summed E-state index contributed by atoms with van der Waals surface area (Å²) in [6.45, 7) is 0. The molecule has 7 nitrogen and oxygen atoms in total. The molecule has 132 valence electrons. The lowest BCUT2D eigenvalue weighted by Crippen LogP contribution is -2.74. The molecule has 25 heavy (non-hydrogen) atoms. The molecule has 0 radical (unpaired) electrons. The van der Waals surface area contributed by atoms with Crippen molar-refractivity contribution in [3.05, 3.63) is 47.2 Å². The van der Waals surface area contributed by atoms with Crippen molar-refractivity contribution < 1.29 is 23.7 Å². The van der Waals surface area contributed by atoms with Crippen LogP contribution in [-0.2, 0) is 25.5 Å². The van der Waals surface area contributed by atoms with Crippen molar-refractivity contribution in [2.24, 2.45) is 0 Å². The molecule has 2 heterocycles. The molecule has 2 aliphatic heterocycles. The number of hydrogen-bond donors (Lipinski definition) is 1. The molecular weight excluding hydrogens is 412 g/mol. The van der Waals surface area contributed by atoms with Crippen LogP contribution in [0.15, 0.2) is 41.6 Å². The molecule has 1 aromatic rings. The smallest absolute Gasteiger partial charge is 0.355 e. The molecule has 1 N–H and O–H groups in total. The fourth-order valence-electron chi connectivity index (χ4n) is 2.86. The predicted octanol–water partition coefficient (Wildman–Crippen LogP) is 0.538. The van der Waals surface area contributed by atoms with Gasteiger partial charge in [0, 0.05) is 16.5 Å². The Morgan fingerprint density at radius 3 is 2.68 bits per heavy atom. The molecule has 1 aromatic carbocycles. The summed E-state index contributed by atoms with van der Waals surface area (Å²) in [6, 6.07) is 7.52. The van der Waals surface area contributed by atoms with E-state index in [2.05, 4.69) is 21.2 Å². The monoisotopic (exact) mass is 426 g/mol. The molecule has 1 fully saturated rings. The van der Waals surface area contributed by atoms with Crippen LogP contribution in [-0.4, -0.2) is 56.8 Å². The van der Waals surface area contributed by atoms with Crippen molar-refractivity contribution in [1.82, 2.24) is 10.2 Å². The van der Waals surface area contributed by atoms with Crippen molar-refractivity contribution in [2.45, 2.75) is 11.4 Å². The van der Waals surface area contributed by atoms with Gasteiger partial charge in [-0.05, 0) is 23.3 Å². The van der Waals surface area contributed by atoms with Crippen LogP contribution in [0, 0.1) is 0 Å². The van der Waals surface area contributed by atoms with Gasteiger partial charge in [0.05, 0.1) is 7.11 Å². The van der Waals surface area contributed by atoms with Crippen LogP contribution >= 0.6 is 15.9 Å². The molecule has 2 unspecified atom stereocenters. The maximum atomic E-state index is 12.5. The largest absolute Gasteiger partial charge is 0.614 e. The van der Waals surface area contributed by atoms with E-state index < -0.39 is 40.4 Å². The molecule has 0 bridgehead atoms. The normalized spacial score (nSPS) is 25.2. The highest BCUT2D eigenvalue weighted by molar-refractivity contribution is 9.09. The van der Waals surface area contributed by atoms with Gasteiger partial charge in [-0.25, -0.2) is 4.79 Å². The number of rotatable bonds is 4. The molecule has 1 saturated heterocycles. The van der Waals surface area contributed by atoms with Crippen molar-refractivity contribution in [1.29, 1.82) is 0 Å². The maximum Gasteiger partial charge on any atom is 0.355 e. The van der Waals surface area contributed by atoms with Gasteiger partial charge in [0.1, 0.15) is 11.4 Å². The Labute approximate surface area is 155 Å². The summed E-state index contributed by atoms with van der Waals surface area (Å²) in [5, 5.41) is 2.15. The zero-order chi connectivity index (χ0) is 18.1. The summed E-state index contributed by atoms with van der Waals surface area (Å²) in [5.74, 6) is -1.41. The van der Waals surface area contributed by atoms with E-state index in [1.54, 1.807) is 30.3 Å². The highest BCUT2D eigenvalue weighted by Crippen LogP contribution is 2.37. The standard InChI is InChI=1S/C16H15BrN2O5S/c1-24-16(22)12-10(7-17)8-25(23)15-11(14(21)19(12)15)18-13(20)9-5-3-2-4-6-9/h2-6,11,15H,7-8H2,1H3,(H,18,20)/t11?,15-,25?/m1/s1. The molecule has 0 saturated carbocycles. The van der Waals surface area contributed by atoms with E-state index in [0.29, 0.717) is 16.5 Å². The lowest BCUT2D eigenvalue weighted by Gasteiger charge is -2.49. The van der Waals surface area contributed by atoms with Gasteiger partial charge >= 0.3 is 5.97 Å². The molecule has 3 atom stereocenters. The number of methoxy groups -OCH3 is 1. The minimum Gasteiger partial charge on any atom is -0.614 e. The lowest BCUT2D eigenvalue weighted by molar-refractivity contribution is -0.150. The number of fused-ring (bicyclic) bond motifs is 1. The fourth-order valence-corrected chi connectivity index (χ4v) is 5.27. The third-order valence-electron chi connectivity index (χ3n) is 4.07. The van der Waals surface area contributed by atoms with E-state index in [4.69, 9.17) is 4.74 Å². The number of amides is 2. The van der Waals surface area contributed by atoms with Gasteiger partial charge in [-0.3, -0.25) is 14.5 Å². The zero-order valence-corrected chi connectivity index (χ0v) is 15.6. The quantitative estimate of drug-likeness (QED) is 0.327. The summed E-state index contributed by atoms with van der Waals surface area (Å²) >= 11 is 1.82. The van der Waals surface area contributed by atoms with Gasteiger partial charge in [-0.2, -0.15) is 0 Å². The first-order valence-electron chi connectivity index (χ1n) is 7.42. The number of esters is 1. The van der Waals surface area contributed by atoms with Crippen LogP contribution in [0.5, 0.6) is 0 Å². The topological polar surface area (TPSA) is 98.8 Å². The number of ether oxygens (including phenoxy) is 1. The second-order valence-electron chi connectivity index (χ2n) is 5.52. The van der Waals surface area contributed by atoms with Gasteiger partial charge in [0.25, 0.3) is 11.8 Å². The number of alkyl halides is 1. The zero-order valence-electron chi connectivity index (χ0n) is 13.2. The second-order valence-corrected chi connectivity index (χ2v) is 7.61. The number of benzene rings is 1. The number of β-lactam (4-membered cyclic amide) rings is 1. The Balaban J connectivity index is 1.84. The first-order chi connectivity index (χ1) is 12.0. The number of nitrogens with one attached hydrogen (secondary N) is 1. The van der Waals surface area contributed by atoms with E-state index in [1.807, 2.05) is 0 Å². The van der Waals surface area contributed by atoms with Crippen LogP contribution in [0.3, 0.4) is 0 Å². The van der Waals surface area contributed by atoms with Gasteiger partial charge in [0.2, 0.25) is 5.37 Å². The van der Waals surface area contributed by atoms with Crippen molar-refractivity contribution in [2.75, 3.05) is 18.2 Å². The summed E-state index contributed by atoms with van der Waals surface area (Å²) in [7, 11) is 1.22. The van der Waals surface area contributed by atoms with Crippen LogP contribution in [0.2, 0.25) is 0 Å². The minimum absolute atomic E-state index is 0.110. The summed E-state index contributed by atoms with van der Waals surface area (Å²) in [5.41, 5.74) is 1.06. The molecular formula is C16H15BrN2O5S. The SMILES string of the molecule is COC(=O)C1=C(CBr)C[S+]([O-])[C@@H]2C(NC(=O)c3ccccc3)C(=O)N12. The van der Waals surface area contributed by atoms with E-state index in [9.17, 15) is 18.9 Å². The maximum absolute atomic E-state index is 12.5. The number of hydrogen-bond acceptors (Lipinski definition) is 5. The van der Waals surface area contributed by atoms with Crippen molar-refractivity contribution in [3.8, 4) is 0 Å².